The molecule has 3 rings (SSSR count). The fraction of sp³-hybridized carbons (Fsp3) is 0.474. The summed E-state index contributed by atoms with van der Waals surface area (Å²) in [6.45, 7) is 1.69. The molecule has 0 aliphatic carbocycles. The zero-order chi connectivity index (χ0) is 17.8. The van der Waals surface area contributed by atoms with Crippen molar-refractivity contribution in [1.29, 1.82) is 0 Å². The molecule has 0 saturated carbocycles. The van der Waals surface area contributed by atoms with Gasteiger partial charge in [0, 0.05) is 24.7 Å². The fourth-order valence-corrected chi connectivity index (χ4v) is 3.51. The summed E-state index contributed by atoms with van der Waals surface area (Å²) >= 11 is 0. The number of amides is 1. The van der Waals surface area contributed by atoms with Gasteiger partial charge in [-0.1, -0.05) is 18.2 Å². The molecule has 6 nitrogen and oxygen atoms in total. The SMILES string of the molecule is CN(CC(=O)O)C1CCCN(C(=O)C2=Cc3ccccc3OC2)CC1. The number of hydrogen-bond donors (Lipinski definition) is 1. The topological polar surface area (TPSA) is 70.1 Å². The van der Waals surface area contributed by atoms with E-state index in [0.29, 0.717) is 25.3 Å². The molecule has 6 heteroatoms. The van der Waals surface area contributed by atoms with Crippen LogP contribution in [0.4, 0.5) is 0 Å². The van der Waals surface area contributed by atoms with Crippen molar-refractivity contribution in [3.05, 3.63) is 35.4 Å². The van der Waals surface area contributed by atoms with Gasteiger partial charge in [-0.3, -0.25) is 14.5 Å². The Labute approximate surface area is 147 Å². The largest absolute Gasteiger partial charge is 0.488 e. The van der Waals surface area contributed by atoms with Crippen molar-refractivity contribution in [1.82, 2.24) is 9.80 Å². The number of rotatable bonds is 4. The van der Waals surface area contributed by atoms with Crippen molar-refractivity contribution < 1.29 is 19.4 Å². The molecular formula is C19H24N2O4. The molecule has 1 atom stereocenters. The van der Waals surface area contributed by atoms with Gasteiger partial charge in [0.1, 0.15) is 12.4 Å². The second kappa shape index (κ2) is 7.70. The fourth-order valence-electron chi connectivity index (χ4n) is 3.51. The highest BCUT2D eigenvalue weighted by Gasteiger charge is 2.27. The molecular weight excluding hydrogens is 320 g/mol. The summed E-state index contributed by atoms with van der Waals surface area (Å²) in [6, 6.07) is 7.90. The van der Waals surface area contributed by atoms with E-state index >= 15 is 0 Å². The molecule has 134 valence electrons. The van der Waals surface area contributed by atoms with Gasteiger partial charge in [-0.2, -0.15) is 0 Å². The Hall–Kier alpha value is -2.34. The van der Waals surface area contributed by atoms with Crippen LogP contribution in [0.5, 0.6) is 5.75 Å². The van der Waals surface area contributed by atoms with Crippen molar-refractivity contribution >= 4 is 18.0 Å². The number of carboxylic acid groups (broad SMARTS) is 1. The average Bonchev–Trinajstić information content (AvgIpc) is 2.86. The Bertz CT molecular complexity index is 686. The summed E-state index contributed by atoms with van der Waals surface area (Å²) in [6.07, 6.45) is 4.50. The van der Waals surface area contributed by atoms with E-state index in [1.54, 1.807) is 0 Å². The average molecular weight is 344 g/mol. The van der Waals surface area contributed by atoms with Gasteiger partial charge in [0.25, 0.3) is 5.91 Å². The minimum atomic E-state index is -0.817. The number of likely N-dealkylation sites (N-methyl/N-ethyl adjacent to an activating group) is 1. The highest BCUT2D eigenvalue weighted by Crippen LogP contribution is 2.27. The highest BCUT2D eigenvalue weighted by molar-refractivity contribution is 5.99. The maximum Gasteiger partial charge on any atom is 0.317 e. The predicted octanol–water partition coefficient (Wildman–Crippen LogP) is 1.86. The van der Waals surface area contributed by atoms with Gasteiger partial charge in [0.15, 0.2) is 0 Å². The lowest BCUT2D eigenvalue weighted by molar-refractivity contribution is -0.138. The number of nitrogens with zero attached hydrogens (tertiary/aromatic N) is 2. The molecule has 2 aliphatic heterocycles. The number of likely N-dealkylation sites (tertiary alicyclic amines) is 1. The van der Waals surface area contributed by atoms with Gasteiger partial charge in [0.2, 0.25) is 0 Å². The van der Waals surface area contributed by atoms with E-state index in [1.807, 2.05) is 47.2 Å². The predicted molar refractivity (Wildman–Crippen MR) is 94.4 cm³/mol. The van der Waals surface area contributed by atoms with Crippen LogP contribution in [0, 0.1) is 0 Å². The Morgan fingerprint density at radius 2 is 2.08 bits per heavy atom. The summed E-state index contributed by atoms with van der Waals surface area (Å²) in [5.41, 5.74) is 1.61. The van der Waals surface area contributed by atoms with Crippen molar-refractivity contribution in [3.8, 4) is 5.75 Å². The lowest BCUT2D eigenvalue weighted by Crippen LogP contribution is -2.38. The normalized spacial score (nSPS) is 20.3. The number of hydrogen-bond acceptors (Lipinski definition) is 4. The van der Waals surface area contributed by atoms with E-state index < -0.39 is 5.97 Å². The Morgan fingerprint density at radius 1 is 1.28 bits per heavy atom. The first-order chi connectivity index (χ1) is 12.0. The standard InChI is InChI=1S/C19H24N2O4/c1-20(12-18(22)23)16-6-4-9-21(10-8-16)19(24)15-11-14-5-2-3-7-17(14)25-13-15/h2-3,5,7,11,16H,4,6,8-10,12-13H2,1H3,(H,22,23). The van der Waals surface area contributed by atoms with E-state index in [4.69, 9.17) is 9.84 Å². The molecule has 1 fully saturated rings. The van der Waals surface area contributed by atoms with Crippen molar-refractivity contribution in [2.75, 3.05) is 33.3 Å². The molecule has 1 aromatic carbocycles. The molecule has 2 heterocycles. The summed E-state index contributed by atoms with van der Waals surface area (Å²) in [5, 5.41) is 8.95. The molecule has 1 N–H and O–H groups in total. The molecule has 2 aliphatic rings. The number of carbonyl (C=O) groups is 2. The van der Waals surface area contributed by atoms with Crippen LogP contribution in [0.25, 0.3) is 6.08 Å². The molecule has 0 bridgehead atoms. The number of para-hydroxylation sites is 1. The first-order valence-corrected chi connectivity index (χ1v) is 8.68. The molecule has 1 aromatic rings. The van der Waals surface area contributed by atoms with E-state index in [9.17, 15) is 9.59 Å². The second-order valence-corrected chi connectivity index (χ2v) is 6.68. The Morgan fingerprint density at radius 3 is 2.88 bits per heavy atom. The zero-order valence-corrected chi connectivity index (χ0v) is 14.5. The maximum atomic E-state index is 12.8. The summed E-state index contributed by atoms with van der Waals surface area (Å²) < 4.78 is 5.69. The Balaban J connectivity index is 1.64. The van der Waals surface area contributed by atoms with E-state index in [0.717, 1.165) is 30.6 Å². The van der Waals surface area contributed by atoms with Gasteiger partial charge < -0.3 is 14.7 Å². The third-order valence-electron chi connectivity index (χ3n) is 4.90. The van der Waals surface area contributed by atoms with Gasteiger partial charge in [0.05, 0.1) is 12.1 Å². The van der Waals surface area contributed by atoms with Crippen LogP contribution < -0.4 is 4.74 Å². The zero-order valence-electron chi connectivity index (χ0n) is 14.5. The molecule has 0 radical (unpaired) electrons. The number of benzene rings is 1. The quantitative estimate of drug-likeness (QED) is 0.903. The van der Waals surface area contributed by atoms with Crippen LogP contribution in [0.15, 0.2) is 29.8 Å². The summed E-state index contributed by atoms with van der Waals surface area (Å²) in [7, 11) is 1.84. The second-order valence-electron chi connectivity index (χ2n) is 6.68. The first-order valence-electron chi connectivity index (χ1n) is 8.68. The third kappa shape index (κ3) is 4.20. The van der Waals surface area contributed by atoms with Crippen molar-refractivity contribution in [2.24, 2.45) is 0 Å². The van der Waals surface area contributed by atoms with Gasteiger partial charge >= 0.3 is 5.97 Å². The van der Waals surface area contributed by atoms with Crippen LogP contribution in [-0.2, 0) is 9.59 Å². The van der Waals surface area contributed by atoms with Crippen LogP contribution >= 0.6 is 0 Å². The van der Waals surface area contributed by atoms with Gasteiger partial charge in [-0.25, -0.2) is 0 Å². The lowest BCUT2D eigenvalue weighted by atomic mass is 10.1. The number of ether oxygens (including phenoxy) is 1. The van der Waals surface area contributed by atoms with Crippen LogP contribution in [0.2, 0.25) is 0 Å². The highest BCUT2D eigenvalue weighted by atomic mass is 16.5. The van der Waals surface area contributed by atoms with Gasteiger partial charge in [-0.05, 0) is 38.5 Å². The van der Waals surface area contributed by atoms with E-state index in [1.165, 1.54) is 0 Å². The minimum Gasteiger partial charge on any atom is -0.488 e. The number of fused-ring (bicyclic) bond motifs is 1. The minimum absolute atomic E-state index is 0.0241. The van der Waals surface area contributed by atoms with Crippen molar-refractivity contribution in [3.63, 3.8) is 0 Å². The number of carbonyl (C=O) groups excluding carboxylic acids is 1. The van der Waals surface area contributed by atoms with Gasteiger partial charge in [-0.15, -0.1) is 0 Å². The monoisotopic (exact) mass is 344 g/mol. The maximum absolute atomic E-state index is 12.8. The lowest BCUT2D eigenvalue weighted by Gasteiger charge is -2.26. The first kappa shape index (κ1) is 17.5. The van der Waals surface area contributed by atoms with Crippen LogP contribution in [0.1, 0.15) is 24.8 Å². The van der Waals surface area contributed by atoms with Crippen molar-refractivity contribution in [2.45, 2.75) is 25.3 Å². The molecule has 0 spiro atoms. The third-order valence-corrected chi connectivity index (χ3v) is 4.90. The van der Waals surface area contributed by atoms with E-state index in [2.05, 4.69) is 0 Å². The molecule has 1 unspecified atom stereocenters. The summed E-state index contributed by atoms with van der Waals surface area (Å²) in [5.74, 6) is 0.0178. The molecule has 0 aromatic heterocycles. The van der Waals surface area contributed by atoms with Crippen LogP contribution in [0.3, 0.4) is 0 Å². The van der Waals surface area contributed by atoms with E-state index in [-0.39, 0.29) is 18.5 Å². The summed E-state index contributed by atoms with van der Waals surface area (Å²) in [4.78, 5) is 27.5. The molecule has 1 amide bonds. The molecule has 25 heavy (non-hydrogen) atoms. The number of carboxylic acids is 1. The Kier molecular flexibility index (Phi) is 5.38. The number of aliphatic carboxylic acids is 1. The van der Waals surface area contributed by atoms with Crippen LogP contribution in [-0.4, -0.2) is 66.1 Å². The smallest absolute Gasteiger partial charge is 0.317 e. The molecule has 1 saturated heterocycles.